The average molecular weight is 486 g/mol. The van der Waals surface area contributed by atoms with E-state index in [1.807, 2.05) is 0 Å². The van der Waals surface area contributed by atoms with Gasteiger partial charge in [0.25, 0.3) is 20.2 Å². The summed E-state index contributed by atoms with van der Waals surface area (Å²) in [6.45, 7) is 1.80. The largest absolute Gasteiger partial charge is 0.493 e. The van der Waals surface area contributed by atoms with Crippen LogP contribution in [0.4, 0.5) is 0 Å². The van der Waals surface area contributed by atoms with Gasteiger partial charge >= 0.3 is 0 Å². The van der Waals surface area contributed by atoms with E-state index in [-0.39, 0.29) is 39.3 Å². The molecule has 0 fully saturated rings. The highest BCUT2D eigenvalue weighted by Gasteiger charge is 2.27. The van der Waals surface area contributed by atoms with Crippen LogP contribution < -0.4 is 9.88 Å². The fourth-order valence-electron chi connectivity index (χ4n) is 3.80. The summed E-state index contributed by atoms with van der Waals surface area (Å²) in [6, 6.07) is 7.21. The molecule has 0 unspecified atom stereocenters. The molecule has 0 saturated heterocycles. The molecule has 0 radical (unpaired) electrons. The Hall–Kier alpha value is -2.55. The summed E-state index contributed by atoms with van der Waals surface area (Å²) in [5.74, 6) is 0.0754. The van der Waals surface area contributed by atoms with Crippen LogP contribution in [0.25, 0.3) is 32.3 Å². The lowest BCUT2D eigenvalue weighted by molar-refractivity contribution is 0.343. The molecule has 0 heterocycles. The van der Waals surface area contributed by atoms with Crippen LogP contribution >= 0.6 is 0 Å². The van der Waals surface area contributed by atoms with Gasteiger partial charge in [0.05, 0.1) is 11.5 Å². The van der Waals surface area contributed by atoms with Gasteiger partial charge in [-0.1, -0.05) is 18.2 Å². The predicted molar refractivity (Wildman–Crippen MR) is 112 cm³/mol. The van der Waals surface area contributed by atoms with E-state index in [1.54, 1.807) is 6.92 Å². The zero-order valence-electron chi connectivity index (χ0n) is 15.7. The minimum absolute atomic E-state index is 0.00640. The summed E-state index contributed by atoms with van der Waals surface area (Å²) in [4.78, 5) is -1.79. The molecule has 4 N–H and O–H groups in total. The first kappa shape index (κ1) is 21.7. The van der Waals surface area contributed by atoms with E-state index in [9.17, 15) is 34.4 Å². The molecule has 10 nitrogen and oxygen atoms in total. The van der Waals surface area contributed by atoms with Crippen molar-refractivity contribution in [3.05, 3.63) is 36.4 Å². The van der Waals surface area contributed by atoms with Crippen LogP contribution in [-0.2, 0) is 30.3 Å². The molecular formula is C18H15NO9S3. The third-order valence-electron chi connectivity index (χ3n) is 4.91. The Morgan fingerprint density at radius 1 is 0.742 bits per heavy atom. The smallest absolute Gasteiger partial charge is 0.295 e. The maximum atomic E-state index is 12.2. The number of rotatable bonds is 5. The minimum atomic E-state index is -4.89. The van der Waals surface area contributed by atoms with Gasteiger partial charge in [-0.05, 0) is 19.1 Å². The summed E-state index contributed by atoms with van der Waals surface area (Å²) in [5, 5.41) is 5.74. The van der Waals surface area contributed by atoms with Crippen molar-refractivity contribution in [2.45, 2.75) is 21.6 Å². The summed E-state index contributed by atoms with van der Waals surface area (Å²) in [5.41, 5.74) is 0. The van der Waals surface area contributed by atoms with E-state index >= 15 is 0 Å². The highest BCUT2D eigenvalue weighted by molar-refractivity contribution is 7.89. The van der Waals surface area contributed by atoms with Gasteiger partial charge in [0, 0.05) is 38.4 Å². The van der Waals surface area contributed by atoms with Crippen LogP contribution in [0.3, 0.4) is 0 Å². The van der Waals surface area contributed by atoms with Crippen molar-refractivity contribution in [2.24, 2.45) is 5.14 Å². The zero-order chi connectivity index (χ0) is 22.9. The molecule has 0 aliphatic carbocycles. The van der Waals surface area contributed by atoms with Gasteiger partial charge in [-0.25, -0.2) is 13.6 Å². The number of hydrogen-bond donors (Lipinski definition) is 3. The molecule has 0 amide bonds. The standard InChI is InChI=1S/C18H15NO9S3/c1-2-28-13-7-15(30(22,23)24)11-5-6-12-16(31(25,26)27)8-14(29(19,20)21)10-4-3-9(13)17(11)18(10)12/h3-8H,2H2,1H3,(H2,19,20,21)(H,22,23,24)(H,25,26,27). The lowest BCUT2D eigenvalue weighted by Crippen LogP contribution is -2.14. The quantitative estimate of drug-likeness (QED) is 0.282. The fraction of sp³-hybridized carbons (Fsp3) is 0.111. The van der Waals surface area contributed by atoms with Gasteiger partial charge in [-0.2, -0.15) is 16.8 Å². The molecule has 0 bridgehead atoms. The van der Waals surface area contributed by atoms with Crippen molar-refractivity contribution in [3.63, 3.8) is 0 Å². The van der Waals surface area contributed by atoms with Crippen LogP contribution in [-0.4, -0.2) is 41.0 Å². The van der Waals surface area contributed by atoms with E-state index in [0.717, 1.165) is 12.1 Å². The Morgan fingerprint density at radius 3 is 1.61 bits per heavy atom. The molecule has 0 aliphatic rings. The topological polar surface area (TPSA) is 178 Å². The third kappa shape index (κ3) is 3.39. The Morgan fingerprint density at radius 2 is 1.16 bits per heavy atom. The molecule has 0 aliphatic heterocycles. The van der Waals surface area contributed by atoms with Gasteiger partial charge in [0.1, 0.15) is 15.5 Å². The Labute approximate surface area is 177 Å². The molecule has 0 aromatic heterocycles. The Balaban J connectivity index is 2.43. The molecule has 0 saturated carbocycles. The molecule has 164 valence electrons. The maximum Gasteiger partial charge on any atom is 0.295 e. The molecule has 0 atom stereocenters. The van der Waals surface area contributed by atoms with Gasteiger partial charge < -0.3 is 4.74 Å². The van der Waals surface area contributed by atoms with Gasteiger partial charge in [-0.15, -0.1) is 0 Å². The van der Waals surface area contributed by atoms with Crippen LogP contribution in [0.1, 0.15) is 6.92 Å². The zero-order valence-corrected chi connectivity index (χ0v) is 18.2. The molecule has 31 heavy (non-hydrogen) atoms. The molecule has 4 aromatic carbocycles. The van der Waals surface area contributed by atoms with Crippen molar-refractivity contribution in [2.75, 3.05) is 6.61 Å². The second-order valence-corrected chi connectivity index (χ2v) is 11.1. The average Bonchev–Trinajstić information content (AvgIpc) is 2.63. The van der Waals surface area contributed by atoms with E-state index in [1.165, 1.54) is 24.3 Å². The third-order valence-corrected chi connectivity index (χ3v) is 7.65. The number of primary sulfonamides is 1. The summed E-state index contributed by atoms with van der Waals surface area (Å²) < 4.78 is 97.4. The molecule has 4 rings (SSSR count). The molecule has 4 aromatic rings. The monoisotopic (exact) mass is 485 g/mol. The van der Waals surface area contributed by atoms with Gasteiger partial charge in [0.2, 0.25) is 10.0 Å². The summed E-state index contributed by atoms with van der Waals surface area (Å²) in [6.07, 6.45) is 0. The number of benzene rings is 4. The molecule has 0 spiro atoms. The van der Waals surface area contributed by atoms with E-state index in [0.29, 0.717) is 5.39 Å². The van der Waals surface area contributed by atoms with E-state index in [2.05, 4.69) is 0 Å². The highest BCUT2D eigenvalue weighted by atomic mass is 32.2. The Kier molecular flexibility index (Phi) is 4.70. The summed E-state index contributed by atoms with van der Waals surface area (Å²) >= 11 is 0. The highest BCUT2D eigenvalue weighted by Crippen LogP contribution is 2.44. The second-order valence-electron chi connectivity index (χ2n) is 6.75. The van der Waals surface area contributed by atoms with Crippen molar-refractivity contribution in [3.8, 4) is 5.75 Å². The number of sulfonamides is 1. The van der Waals surface area contributed by atoms with Crippen LogP contribution in [0, 0.1) is 0 Å². The van der Waals surface area contributed by atoms with Crippen LogP contribution in [0.2, 0.25) is 0 Å². The minimum Gasteiger partial charge on any atom is -0.493 e. The first-order valence-electron chi connectivity index (χ1n) is 8.64. The first-order valence-corrected chi connectivity index (χ1v) is 13.1. The fourth-order valence-corrected chi connectivity index (χ4v) is 6.06. The second kappa shape index (κ2) is 6.72. The van der Waals surface area contributed by atoms with Crippen molar-refractivity contribution >= 4 is 62.6 Å². The number of hydrogen-bond acceptors (Lipinski definition) is 7. The van der Waals surface area contributed by atoms with Gasteiger partial charge in [0.15, 0.2) is 0 Å². The Bertz CT molecular complexity index is 1660. The van der Waals surface area contributed by atoms with E-state index in [4.69, 9.17) is 9.88 Å². The lowest BCUT2D eigenvalue weighted by Gasteiger charge is -2.18. The molecular weight excluding hydrogens is 470 g/mol. The molecule has 13 heteroatoms. The summed E-state index contributed by atoms with van der Waals surface area (Å²) in [7, 11) is -14.1. The first-order chi connectivity index (χ1) is 14.2. The van der Waals surface area contributed by atoms with Crippen molar-refractivity contribution in [1.82, 2.24) is 0 Å². The van der Waals surface area contributed by atoms with Crippen molar-refractivity contribution in [1.29, 1.82) is 0 Å². The van der Waals surface area contributed by atoms with Crippen LogP contribution in [0.5, 0.6) is 5.75 Å². The predicted octanol–water partition coefficient (Wildman–Crippen LogP) is 2.12. The lowest BCUT2D eigenvalue weighted by atomic mass is 9.93. The van der Waals surface area contributed by atoms with Gasteiger partial charge in [-0.3, -0.25) is 9.11 Å². The van der Waals surface area contributed by atoms with E-state index < -0.39 is 44.9 Å². The maximum absolute atomic E-state index is 12.2. The SMILES string of the molecule is CCOc1cc(S(=O)(=O)O)c2ccc3c(S(=O)(=O)O)cc(S(N)(=O)=O)c4ccc1c2c43. The normalized spacial score (nSPS) is 13.4. The number of ether oxygens (including phenoxy) is 1. The van der Waals surface area contributed by atoms with Crippen LogP contribution in [0.15, 0.2) is 51.1 Å². The number of nitrogens with two attached hydrogens (primary N) is 1. The van der Waals surface area contributed by atoms with Crippen molar-refractivity contribution < 1.29 is 39.1 Å².